The van der Waals surface area contributed by atoms with Gasteiger partial charge in [-0.25, -0.2) is 0 Å². The molecule has 0 amide bonds. The molecule has 0 spiro atoms. The minimum absolute atomic E-state index is 0. The molecule has 774 valence electrons. The molecule has 4 heterocycles. The molecule has 126 heavy (non-hydrogen) atoms. The van der Waals surface area contributed by atoms with E-state index in [1.165, 1.54) is 75.4 Å². The summed E-state index contributed by atoms with van der Waals surface area (Å²) in [5.41, 5.74) is 0.653. The van der Waals surface area contributed by atoms with Crippen LogP contribution in [0.5, 0.6) is 0 Å². The molecule has 2 bridgehead atoms. The highest BCUT2D eigenvalue weighted by Gasteiger charge is 2.69. The Kier molecular flexibility index (Phi) is 92.8. The van der Waals surface area contributed by atoms with Crippen molar-refractivity contribution in [3.8, 4) is 0 Å². The molecule has 7 rings (SSSR count). The number of esters is 7. The molecule has 3 saturated carbocycles. The van der Waals surface area contributed by atoms with Crippen LogP contribution in [-0.4, -0.2) is 175 Å². The van der Waals surface area contributed by atoms with Gasteiger partial charge >= 0.3 is 54.1 Å². The van der Waals surface area contributed by atoms with Gasteiger partial charge < -0.3 is 47.7 Å². The van der Waals surface area contributed by atoms with Crippen LogP contribution in [0.2, 0.25) is 150 Å². The van der Waals surface area contributed by atoms with E-state index in [4.69, 9.17) is 47.7 Å². The van der Waals surface area contributed by atoms with Gasteiger partial charge in [-0.15, -0.1) is 0 Å². The number of alkyl halides is 6. The topological polar surface area (TPSA) is 223 Å². The van der Waals surface area contributed by atoms with Crippen molar-refractivity contribution in [1.82, 2.24) is 0 Å². The van der Waals surface area contributed by atoms with Gasteiger partial charge in [0.2, 0.25) is 12.6 Å². The van der Waals surface area contributed by atoms with E-state index in [2.05, 4.69) is 106 Å². The molecule has 17 nitrogen and oxygen atoms in total. The Balaban J connectivity index is -0.0000000862. The van der Waals surface area contributed by atoms with Gasteiger partial charge in [0.05, 0.1) is 32.0 Å². The summed E-state index contributed by atoms with van der Waals surface area (Å²) in [6.07, 6.45) is 4.06. The maximum absolute atomic E-state index is 13.0. The Morgan fingerprint density at radius 2 is 0.778 bits per heavy atom. The summed E-state index contributed by atoms with van der Waals surface area (Å²) < 4.78 is 125. The number of rotatable bonds is 34. The van der Waals surface area contributed by atoms with Gasteiger partial charge in [0.1, 0.15) is 5.60 Å². The van der Waals surface area contributed by atoms with Crippen LogP contribution in [0.1, 0.15) is 336 Å². The number of carbonyl (C=O) groups is 7. The molecule has 3 aliphatic carbocycles. The largest absolute Gasteiger partial charge is 0.459 e. The minimum atomic E-state index is -5.69. The van der Waals surface area contributed by atoms with Crippen molar-refractivity contribution in [2.45, 2.75) is 534 Å². The average Bonchev–Trinajstić information content (AvgIpc) is 1.13. The van der Waals surface area contributed by atoms with Gasteiger partial charge in [0.25, 0.3) is 17.2 Å². The Morgan fingerprint density at radius 1 is 0.444 bits per heavy atom. The zero-order valence-electron chi connectivity index (χ0n) is 70.3. The van der Waals surface area contributed by atoms with Gasteiger partial charge in [-0.1, -0.05) is 337 Å². The molecule has 10 atom stereocenters. The van der Waals surface area contributed by atoms with Crippen LogP contribution in [0.3, 0.4) is 0 Å². The fourth-order valence-electron chi connectivity index (χ4n) is 17.0. The van der Waals surface area contributed by atoms with Crippen LogP contribution in [-0.2, 0) is 76.2 Å². The summed E-state index contributed by atoms with van der Waals surface area (Å²) in [5, 5.41) is 9.11. The highest BCUT2D eigenvalue weighted by atomic mass is 28.4. The van der Waals surface area contributed by atoms with Crippen molar-refractivity contribution in [1.29, 1.82) is 0 Å². The number of fused-ring (bicyclic) bond motifs is 2. The molecule has 0 aromatic carbocycles. The lowest BCUT2D eigenvalue weighted by Crippen LogP contribution is -2.56. The first-order valence-electron chi connectivity index (χ1n) is 41.6. The van der Waals surface area contributed by atoms with Crippen LogP contribution in [0, 0.1) is 29.6 Å². The van der Waals surface area contributed by atoms with Crippen molar-refractivity contribution < 1.29 is 108 Å². The number of carbonyl (C=O) groups excluding carboxylic acids is 7. The predicted octanol–water partition coefficient (Wildman–Crippen LogP) is 30.6. The molecule has 10 unspecified atom stereocenters. The maximum atomic E-state index is 13.0. The van der Waals surface area contributed by atoms with Crippen molar-refractivity contribution in [2.24, 2.45) is 29.6 Å². The third-order valence-electron chi connectivity index (χ3n) is 23.8. The minimum Gasteiger partial charge on any atom is -0.459 e. The molecule has 0 radical (unpaired) electrons. The van der Waals surface area contributed by atoms with E-state index in [9.17, 15) is 59.9 Å². The van der Waals surface area contributed by atoms with Crippen molar-refractivity contribution in [2.75, 3.05) is 13.2 Å². The number of halogens is 6. The molecular formula is C95H218F6O17Si8. The molecule has 4 saturated heterocycles. The lowest BCUT2D eigenvalue weighted by atomic mass is 9.89. The Morgan fingerprint density at radius 3 is 1.03 bits per heavy atom. The standard InChI is InChI=1S/C22H38O8Si2.C22H42O6Si2.C14H22O2.C12H24F6OSi2.C7H20Si2.18CH4/c1-7-32(6,15-31(4)5)14-8-9-16(19(25)29-21(2)12-10-17(23)27-21)20(26)30-22(3)13-11-18(24)28-22;1-5-30(4,17-29(2)3)16-10-11-18(21(23)27-19-12-6-8-14-25-19)22(24)28-20-13-7-9-15-26-20;1-14(6-2-3-7-14)16-13(15)12-9-10-4-5-11(12)8-10;1-5-21(4,9-20(2)3)8-6-7-10(19,11(13,14)15)12(16,17)18;1-6-9(4,5)7-8(2)3;;;;;;;;;;;;;;;;;;/h16,31H,7-15H2,1-6H3;18-20,29H,5-17H2,1-4H3;10-12H,2-9H2,1H3;19-20H,5-9H2,1-4H3;8H,6-7H2,1-5H3;18*1H4. The first-order valence-corrected chi connectivity index (χ1v) is 66.8. The predicted molar refractivity (Wildman–Crippen MR) is 557 cm³/mol. The fraction of sp³-hybridized carbons (Fsp3) is 0.926. The number of aliphatic hydroxyl groups is 1. The van der Waals surface area contributed by atoms with Gasteiger partial charge in [-0.05, 0) is 109 Å². The Bertz CT molecular complexity index is 2690. The first kappa shape index (κ1) is 160. The number of hydrogen-bond donors (Lipinski definition) is 1. The van der Waals surface area contributed by atoms with Gasteiger partial charge in [0.15, 0.2) is 11.8 Å². The second-order valence-corrected chi connectivity index (χ2v) is 74.1. The summed E-state index contributed by atoms with van der Waals surface area (Å²) in [7, 11) is -7.69. The van der Waals surface area contributed by atoms with E-state index in [0.29, 0.717) is 50.9 Å². The third-order valence-corrected chi connectivity index (χ3v) is 64.8. The zero-order chi connectivity index (χ0) is 81.9. The monoisotopic (exact) mass is 1970 g/mol. The molecule has 31 heteroatoms. The molecule has 0 aromatic heterocycles. The number of ether oxygens (including phenoxy) is 9. The zero-order valence-corrected chi connectivity index (χ0v) is 78.9. The van der Waals surface area contributed by atoms with Crippen molar-refractivity contribution in [3.05, 3.63) is 0 Å². The summed E-state index contributed by atoms with van der Waals surface area (Å²) in [5.74, 6) is -6.33. The summed E-state index contributed by atoms with van der Waals surface area (Å²) in [6, 6.07) is 7.29. The summed E-state index contributed by atoms with van der Waals surface area (Å²) in [4.78, 5) is 86.9. The quantitative estimate of drug-likeness (QED) is 0.0208. The van der Waals surface area contributed by atoms with E-state index in [1.807, 2.05) is 13.5 Å². The molecule has 7 aliphatic rings. The van der Waals surface area contributed by atoms with Crippen LogP contribution in [0.4, 0.5) is 26.3 Å². The fourth-order valence-corrected chi connectivity index (χ4v) is 60.8. The van der Waals surface area contributed by atoms with Crippen molar-refractivity contribution >= 4 is 109 Å². The van der Waals surface area contributed by atoms with Gasteiger partial charge in [0, 0.05) is 107 Å². The van der Waals surface area contributed by atoms with E-state index < -0.39 is 155 Å². The second kappa shape index (κ2) is 72.9. The van der Waals surface area contributed by atoms with Crippen LogP contribution in [0.15, 0.2) is 0 Å². The summed E-state index contributed by atoms with van der Waals surface area (Å²) in [6.45, 7) is 45.8. The Hall–Kier alpha value is -2.51. The van der Waals surface area contributed by atoms with Crippen LogP contribution >= 0.6 is 0 Å². The molecular weight excluding hydrogens is 1750 g/mol. The van der Waals surface area contributed by atoms with Gasteiger partial charge in [-0.2, -0.15) is 26.3 Å². The Labute approximate surface area is 789 Å². The third kappa shape index (κ3) is 56.6. The highest BCUT2D eigenvalue weighted by molar-refractivity contribution is 6.90. The van der Waals surface area contributed by atoms with Crippen LogP contribution < -0.4 is 0 Å². The maximum Gasteiger partial charge on any atom is 0.426 e. The molecule has 0 aromatic rings. The molecule has 1 N–H and O–H groups in total. The van der Waals surface area contributed by atoms with E-state index in [1.54, 1.807) is 5.67 Å². The van der Waals surface area contributed by atoms with Crippen LogP contribution in [0.25, 0.3) is 0 Å². The van der Waals surface area contributed by atoms with Crippen molar-refractivity contribution in [3.63, 3.8) is 0 Å². The summed E-state index contributed by atoms with van der Waals surface area (Å²) >= 11 is 0. The second-order valence-electron chi connectivity index (χ2n) is 36.9. The SMILES string of the molecule is C.C.C.C.C.C.C.C.C.C.C.C.C.C.C.C.C.C.CC1(OC(=O)C2CC3CCC2C3)CCCC1.CC[Si](C)(C)C[SiH](C)C.CC[Si](C)(CCCC(C(=O)OC1(C)CCC(=O)O1)C(=O)OC1(C)CCC(=O)O1)C[SiH](C)C.CC[Si](C)(CCCC(C(=O)OC1CCCCO1)C(=O)OC1CCCCO1)C[SiH](C)C.CC[Si](C)(CCCC(O)(C(F)(F)F)C(F)(F)F)C[SiH](C)C. The smallest absolute Gasteiger partial charge is 0.426 e. The van der Waals surface area contributed by atoms with E-state index in [-0.39, 0.29) is 198 Å². The average molecular weight is 1970 g/mol. The van der Waals surface area contributed by atoms with E-state index in [0.717, 1.165) is 81.1 Å². The molecule has 4 aliphatic heterocycles. The lowest BCUT2D eigenvalue weighted by Gasteiger charge is -2.34. The lowest BCUT2D eigenvalue weighted by molar-refractivity contribution is -0.370. The normalized spacial score (nSPS) is 22.0. The highest BCUT2D eigenvalue weighted by Crippen LogP contribution is 2.50. The van der Waals surface area contributed by atoms with E-state index >= 15 is 0 Å². The molecule has 7 fully saturated rings. The first-order chi connectivity index (χ1) is 49.9. The van der Waals surface area contributed by atoms with Gasteiger partial charge in [-0.3, -0.25) is 33.6 Å². The number of cyclic esters (lactones) is 2. The number of hydrogen-bond acceptors (Lipinski definition) is 17.